The molecule has 0 bridgehead atoms. The summed E-state index contributed by atoms with van der Waals surface area (Å²) in [6.07, 6.45) is 5.55. The molecular formula is C12H25N3. The molecule has 1 heterocycles. The molecule has 0 saturated carbocycles. The molecule has 1 rings (SSSR count). The maximum absolute atomic E-state index is 5.42. The predicted molar refractivity (Wildman–Crippen MR) is 66.0 cm³/mol. The van der Waals surface area contributed by atoms with E-state index in [1.54, 1.807) is 0 Å². The molecule has 3 heteroatoms. The van der Waals surface area contributed by atoms with Gasteiger partial charge in [-0.2, -0.15) is 0 Å². The van der Waals surface area contributed by atoms with Crippen molar-refractivity contribution in [3.8, 4) is 0 Å². The van der Waals surface area contributed by atoms with Crippen molar-refractivity contribution in [1.29, 1.82) is 0 Å². The van der Waals surface area contributed by atoms with Gasteiger partial charge in [-0.15, -0.1) is 0 Å². The molecule has 1 saturated heterocycles. The zero-order chi connectivity index (χ0) is 11.1. The Morgan fingerprint density at radius 2 is 2.07 bits per heavy atom. The van der Waals surface area contributed by atoms with Crippen LogP contribution < -0.4 is 5.73 Å². The summed E-state index contributed by atoms with van der Waals surface area (Å²) in [5.74, 6) is 0. The highest BCUT2D eigenvalue weighted by molar-refractivity contribution is 4.90. The maximum atomic E-state index is 5.42. The van der Waals surface area contributed by atoms with Crippen LogP contribution in [0.1, 0.15) is 20.3 Å². The second-order valence-corrected chi connectivity index (χ2v) is 4.13. The van der Waals surface area contributed by atoms with Crippen LogP contribution in [0.4, 0.5) is 0 Å². The minimum absolute atomic E-state index is 0.660. The highest BCUT2D eigenvalue weighted by atomic mass is 15.2. The fourth-order valence-corrected chi connectivity index (χ4v) is 2.34. The molecule has 2 N–H and O–H groups in total. The van der Waals surface area contributed by atoms with Crippen molar-refractivity contribution in [2.24, 2.45) is 5.73 Å². The third kappa shape index (κ3) is 3.93. The molecular weight excluding hydrogens is 186 g/mol. The number of hydrogen-bond donors (Lipinski definition) is 1. The molecule has 1 fully saturated rings. The molecule has 1 aliphatic rings. The second kappa shape index (κ2) is 6.99. The van der Waals surface area contributed by atoms with Gasteiger partial charge in [-0.25, -0.2) is 0 Å². The number of rotatable bonds is 6. The fraction of sp³-hybridized carbons (Fsp3) is 0.833. The zero-order valence-electron chi connectivity index (χ0n) is 10.2. The summed E-state index contributed by atoms with van der Waals surface area (Å²) in [5.41, 5.74) is 5.42. The van der Waals surface area contributed by atoms with Crippen molar-refractivity contribution >= 4 is 0 Å². The Hall–Kier alpha value is -0.380. The van der Waals surface area contributed by atoms with Gasteiger partial charge in [0.2, 0.25) is 0 Å². The Morgan fingerprint density at radius 3 is 2.67 bits per heavy atom. The second-order valence-electron chi connectivity index (χ2n) is 4.13. The number of likely N-dealkylation sites (tertiary alicyclic amines) is 1. The zero-order valence-corrected chi connectivity index (χ0v) is 10.2. The van der Waals surface area contributed by atoms with Gasteiger partial charge in [0.25, 0.3) is 0 Å². The van der Waals surface area contributed by atoms with E-state index in [9.17, 15) is 0 Å². The number of nitrogens with zero attached hydrogens (tertiary/aromatic N) is 2. The summed E-state index contributed by atoms with van der Waals surface area (Å²) in [7, 11) is 0. The molecule has 0 aliphatic carbocycles. The first-order valence-corrected chi connectivity index (χ1v) is 6.13. The number of likely N-dealkylation sites (N-methyl/N-ethyl adjacent to an activating group) is 1. The Kier molecular flexibility index (Phi) is 5.91. The minimum atomic E-state index is 0.660. The van der Waals surface area contributed by atoms with Crippen molar-refractivity contribution in [2.75, 3.05) is 39.3 Å². The van der Waals surface area contributed by atoms with Crippen molar-refractivity contribution in [2.45, 2.75) is 26.3 Å². The van der Waals surface area contributed by atoms with E-state index in [0.717, 1.165) is 12.6 Å². The Labute approximate surface area is 93.9 Å². The van der Waals surface area contributed by atoms with Crippen LogP contribution in [0.3, 0.4) is 0 Å². The van der Waals surface area contributed by atoms with Gasteiger partial charge in [0, 0.05) is 32.2 Å². The van der Waals surface area contributed by atoms with Crippen LogP contribution in [-0.2, 0) is 0 Å². The normalized spacial score (nSPS) is 23.3. The lowest BCUT2D eigenvalue weighted by Gasteiger charge is -2.25. The first-order chi connectivity index (χ1) is 7.31. The first kappa shape index (κ1) is 12.7. The van der Waals surface area contributed by atoms with E-state index in [0.29, 0.717) is 6.54 Å². The molecule has 1 atom stereocenters. The quantitative estimate of drug-likeness (QED) is 0.663. The van der Waals surface area contributed by atoms with Crippen LogP contribution >= 0.6 is 0 Å². The van der Waals surface area contributed by atoms with E-state index >= 15 is 0 Å². The predicted octanol–water partition coefficient (Wildman–Crippen LogP) is 0.917. The van der Waals surface area contributed by atoms with Crippen LogP contribution in [0, 0.1) is 0 Å². The molecule has 0 amide bonds. The largest absolute Gasteiger partial charge is 0.327 e. The Morgan fingerprint density at radius 1 is 1.33 bits per heavy atom. The lowest BCUT2D eigenvalue weighted by molar-refractivity contribution is 0.215. The average molecular weight is 211 g/mol. The molecule has 88 valence electrons. The smallest absolute Gasteiger partial charge is 0.0235 e. The van der Waals surface area contributed by atoms with Crippen LogP contribution in [0.5, 0.6) is 0 Å². The van der Waals surface area contributed by atoms with E-state index in [1.165, 1.54) is 32.6 Å². The van der Waals surface area contributed by atoms with Gasteiger partial charge >= 0.3 is 0 Å². The lowest BCUT2D eigenvalue weighted by Crippen LogP contribution is -2.37. The molecule has 0 radical (unpaired) electrons. The first-order valence-electron chi connectivity index (χ1n) is 6.13. The molecule has 15 heavy (non-hydrogen) atoms. The summed E-state index contributed by atoms with van der Waals surface area (Å²) in [5, 5.41) is 0. The van der Waals surface area contributed by atoms with Gasteiger partial charge < -0.3 is 5.73 Å². The van der Waals surface area contributed by atoms with Crippen LogP contribution in [-0.4, -0.2) is 55.1 Å². The third-order valence-corrected chi connectivity index (χ3v) is 3.24. The van der Waals surface area contributed by atoms with Crippen LogP contribution in [0.25, 0.3) is 0 Å². The van der Waals surface area contributed by atoms with Gasteiger partial charge in [-0.3, -0.25) is 9.80 Å². The lowest BCUT2D eigenvalue weighted by atomic mass is 10.2. The topological polar surface area (TPSA) is 32.5 Å². The summed E-state index contributed by atoms with van der Waals surface area (Å²) < 4.78 is 0. The maximum Gasteiger partial charge on any atom is 0.0235 e. The summed E-state index contributed by atoms with van der Waals surface area (Å²) >= 11 is 0. The van der Waals surface area contributed by atoms with Gasteiger partial charge in [0.05, 0.1) is 0 Å². The molecule has 0 aromatic carbocycles. The third-order valence-electron chi connectivity index (χ3n) is 3.24. The summed E-state index contributed by atoms with van der Waals surface area (Å²) in [6, 6.07) is 0.770. The molecule has 0 spiro atoms. The number of nitrogens with two attached hydrogens (primary N) is 1. The fourth-order valence-electron chi connectivity index (χ4n) is 2.34. The average Bonchev–Trinajstić information content (AvgIpc) is 2.69. The molecule has 3 nitrogen and oxygen atoms in total. The van der Waals surface area contributed by atoms with Crippen molar-refractivity contribution in [3.05, 3.63) is 12.2 Å². The van der Waals surface area contributed by atoms with Crippen LogP contribution in [0.2, 0.25) is 0 Å². The minimum Gasteiger partial charge on any atom is -0.327 e. The van der Waals surface area contributed by atoms with Crippen molar-refractivity contribution in [3.63, 3.8) is 0 Å². The van der Waals surface area contributed by atoms with E-state index in [1.807, 2.05) is 6.08 Å². The van der Waals surface area contributed by atoms with E-state index in [2.05, 4.69) is 29.7 Å². The molecule has 1 aliphatic heterocycles. The highest BCUT2D eigenvalue weighted by Crippen LogP contribution is 2.14. The highest BCUT2D eigenvalue weighted by Gasteiger charge is 2.24. The summed E-state index contributed by atoms with van der Waals surface area (Å²) in [4.78, 5) is 5.07. The van der Waals surface area contributed by atoms with E-state index in [4.69, 9.17) is 5.73 Å². The van der Waals surface area contributed by atoms with E-state index < -0.39 is 0 Å². The number of hydrogen-bond acceptors (Lipinski definition) is 3. The molecule has 1 unspecified atom stereocenters. The molecule has 0 aromatic heterocycles. The van der Waals surface area contributed by atoms with Crippen molar-refractivity contribution < 1.29 is 0 Å². The van der Waals surface area contributed by atoms with E-state index in [-0.39, 0.29) is 0 Å². The monoisotopic (exact) mass is 211 g/mol. The Bertz CT molecular complexity index is 187. The summed E-state index contributed by atoms with van der Waals surface area (Å²) in [6.45, 7) is 11.0. The van der Waals surface area contributed by atoms with Gasteiger partial charge in [-0.1, -0.05) is 26.0 Å². The van der Waals surface area contributed by atoms with Crippen LogP contribution in [0.15, 0.2) is 12.2 Å². The molecule has 0 aromatic rings. The van der Waals surface area contributed by atoms with Gasteiger partial charge in [-0.05, 0) is 19.5 Å². The standard InChI is InChI=1S/C12H25N3/c1-3-15(4-2)12-7-10-14(11-12)9-6-5-8-13/h5-6,12H,3-4,7-11,13H2,1-2H3. The van der Waals surface area contributed by atoms with Gasteiger partial charge in [0.1, 0.15) is 0 Å². The SMILES string of the molecule is CCN(CC)C1CCN(CC=CCN)C1. The Balaban J connectivity index is 2.28. The van der Waals surface area contributed by atoms with Crippen molar-refractivity contribution in [1.82, 2.24) is 9.80 Å². The van der Waals surface area contributed by atoms with Gasteiger partial charge in [0.15, 0.2) is 0 Å².